The Bertz CT molecular complexity index is 535. The zero-order chi connectivity index (χ0) is 14.2. The number of nitriles is 1. The first-order chi connectivity index (χ1) is 9.66. The summed E-state index contributed by atoms with van der Waals surface area (Å²) in [7, 11) is 0. The summed E-state index contributed by atoms with van der Waals surface area (Å²) in [4.78, 5) is 0. The van der Waals surface area contributed by atoms with E-state index in [1.807, 2.05) is 0 Å². The summed E-state index contributed by atoms with van der Waals surface area (Å²) in [5, 5.41) is 8.86. The molecule has 102 valence electrons. The summed E-state index contributed by atoms with van der Waals surface area (Å²) in [5.41, 5.74) is 1.46. The van der Waals surface area contributed by atoms with E-state index in [0.717, 1.165) is 0 Å². The third-order valence-corrected chi connectivity index (χ3v) is 5.10. The van der Waals surface area contributed by atoms with Crippen molar-refractivity contribution < 1.29 is 0 Å². The van der Waals surface area contributed by atoms with E-state index in [-0.39, 0.29) is 5.41 Å². The van der Waals surface area contributed by atoms with Crippen LogP contribution in [0, 0.1) is 40.4 Å². The van der Waals surface area contributed by atoms with Gasteiger partial charge < -0.3 is 0 Å². The average molecular weight is 263 g/mol. The lowest BCUT2D eigenvalue weighted by molar-refractivity contribution is 0.441. The molecule has 2 aliphatic carbocycles. The largest absolute Gasteiger partial charge is 0.193 e. The lowest BCUT2D eigenvalue weighted by Gasteiger charge is -2.33. The van der Waals surface area contributed by atoms with Crippen molar-refractivity contribution in [3.8, 4) is 6.07 Å². The molecule has 2 fully saturated rings. The first-order valence-electron chi connectivity index (χ1n) is 7.52. The van der Waals surface area contributed by atoms with Crippen LogP contribution in [-0.2, 0) is 0 Å². The maximum atomic E-state index is 8.86. The smallest absolute Gasteiger partial charge is 0.0908 e. The summed E-state index contributed by atoms with van der Waals surface area (Å²) < 4.78 is 0. The molecule has 2 aliphatic rings. The third-order valence-electron chi connectivity index (χ3n) is 5.10. The average Bonchev–Trinajstić information content (AvgIpc) is 2.95. The first-order valence-corrected chi connectivity index (χ1v) is 7.52. The molecule has 0 amide bonds. The van der Waals surface area contributed by atoms with Gasteiger partial charge in [-0.05, 0) is 35.7 Å². The molecule has 2 saturated carbocycles. The number of allylic oxidation sites excluding steroid dienone is 2. The Morgan fingerprint density at radius 2 is 1.85 bits per heavy atom. The van der Waals surface area contributed by atoms with Crippen LogP contribution in [0.4, 0.5) is 0 Å². The van der Waals surface area contributed by atoms with Crippen molar-refractivity contribution in [3.63, 3.8) is 0 Å². The summed E-state index contributed by atoms with van der Waals surface area (Å²) in [5.74, 6) is 4.36. The zero-order valence-electron chi connectivity index (χ0n) is 12.3. The summed E-state index contributed by atoms with van der Waals surface area (Å²) in [6.45, 7) is 4.65. The van der Waals surface area contributed by atoms with E-state index in [1.54, 1.807) is 12.0 Å². The summed E-state index contributed by atoms with van der Waals surface area (Å²) in [6.07, 6.45) is 7.61. The van der Waals surface area contributed by atoms with Crippen LogP contribution in [0.5, 0.6) is 0 Å². The van der Waals surface area contributed by atoms with E-state index in [2.05, 4.69) is 56.3 Å². The second kappa shape index (κ2) is 5.09. The highest BCUT2D eigenvalue weighted by Crippen LogP contribution is 2.64. The standard InChI is InChI=1S/C19H21N/c1-19(2)17(12-7-13-20)15-10-6-11-16(15)18(19)14-8-4-3-5-9-14/h3-5,7-9,12,15-16H,6,10-11H2,1-2H3/b12-7+. The van der Waals surface area contributed by atoms with Crippen molar-refractivity contribution in [2.24, 2.45) is 17.3 Å². The molecule has 3 rings (SSSR count). The Labute approximate surface area is 122 Å². The monoisotopic (exact) mass is 263 g/mol. The van der Waals surface area contributed by atoms with Gasteiger partial charge >= 0.3 is 0 Å². The van der Waals surface area contributed by atoms with Crippen LogP contribution in [0.2, 0.25) is 0 Å². The van der Waals surface area contributed by atoms with Gasteiger partial charge in [-0.25, -0.2) is 0 Å². The fraction of sp³-hybridized carbons (Fsp3) is 0.421. The number of hydrogen-bond donors (Lipinski definition) is 0. The van der Waals surface area contributed by atoms with E-state index in [1.165, 1.54) is 30.7 Å². The number of benzene rings is 1. The molecule has 2 atom stereocenters. The first kappa shape index (κ1) is 13.4. The van der Waals surface area contributed by atoms with Crippen LogP contribution in [0.3, 0.4) is 0 Å². The van der Waals surface area contributed by atoms with Gasteiger partial charge in [-0.2, -0.15) is 5.26 Å². The van der Waals surface area contributed by atoms with E-state index in [0.29, 0.717) is 11.8 Å². The van der Waals surface area contributed by atoms with Gasteiger partial charge in [0.1, 0.15) is 0 Å². The number of fused-ring (bicyclic) bond motifs is 1. The van der Waals surface area contributed by atoms with Gasteiger partial charge in [0, 0.05) is 17.9 Å². The van der Waals surface area contributed by atoms with Gasteiger partial charge in [0.15, 0.2) is 0 Å². The second-order valence-corrected chi connectivity index (χ2v) is 6.47. The van der Waals surface area contributed by atoms with Crippen LogP contribution < -0.4 is 0 Å². The van der Waals surface area contributed by atoms with Crippen molar-refractivity contribution in [2.75, 3.05) is 0 Å². The molecule has 0 aliphatic heterocycles. The van der Waals surface area contributed by atoms with Gasteiger partial charge in [-0.3, -0.25) is 0 Å². The van der Waals surface area contributed by atoms with Gasteiger partial charge in [-0.1, -0.05) is 56.7 Å². The van der Waals surface area contributed by atoms with Crippen LogP contribution in [0.25, 0.3) is 0 Å². The van der Waals surface area contributed by atoms with Crippen LogP contribution in [0.15, 0.2) is 42.5 Å². The molecular weight excluding hydrogens is 242 g/mol. The zero-order valence-corrected chi connectivity index (χ0v) is 12.3. The Kier molecular flexibility index (Phi) is 3.42. The lowest BCUT2D eigenvalue weighted by Crippen LogP contribution is -2.25. The topological polar surface area (TPSA) is 23.8 Å². The number of rotatable bonds is 2. The van der Waals surface area contributed by atoms with Gasteiger partial charge in [0.25, 0.3) is 0 Å². The van der Waals surface area contributed by atoms with Crippen molar-refractivity contribution >= 4 is 0 Å². The van der Waals surface area contributed by atoms with Gasteiger partial charge in [0.05, 0.1) is 6.07 Å². The second-order valence-electron chi connectivity index (χ2n) is 6.47. The Hall–Kier alpha value is -1.55. The minimum Gasteiger partial charge on any atom is -0.193 e. The van der Waals surface area contributed by atoms with Gasteiger partial charge in [-0.15, -0.1) is 0 Å². The van der Waals surface area contributed by atoms with Crippen LogP contribution in [0.1, 0.15) is 38.7 Å². The molecule has 1 aromatic carbocycles. The molecule has 1 aromatic rings. The maximum Gasteiger partial charge on any atom is 0.0908 e. The SMILES string of the molecule is CC1(C)[C](/C=C/C#N)C2CCCC2[C]1c1ccccc1. The summed E-state index contributed by atoms with van der Waals surface area (Å²) in [6, 6.07) is 13.0. The molecule has 0 spiro atoms. The highest BCUT2D eigenvalue weighted by molar-refractivity contribution is 5.48. The normalized spacial score (nSPS) is 29.6. The highest BCUT2D eigenvalue weighted by atomic mass is 14.6. The highest BCUT2D eigenvalue weighted by Gasteiger charge is 2.56. The van der Waals surface area contributed by atoms with Crippen molar-refractivity contribution in [1.82, 2.24) is 0 Å². The number of hydrogen-bond acceptors (Lipinski definition) is 1. The van der Waals surface area contributed by atoms with Gasteiger partial charge in [0.2, 0.25) is 0 Å². The van der Waals surface area contributed by atoms with Crippen molar-refractivity contribution in [3.05, 3.63) is 59.9 Å². The molecule has 20 heavy (non-hydrogen) atoms. The van der Waals surface area contributed by atoms with Crippen LogP contribution in [-0.4, -0.2) is 0 Å². The quantitative estimate of drug-likeness (QED) is 0.708. The summed E-state index contributed by atoms with van der Waals surface area (Å²) >= 11 is 0. The third kappa shape index (κ3) is 1.99. The minimum absolute atomic E-state index is 0.0739. The number of nitrogens with zero attached hydrogens (tertiary/aromatic N) is 1. The molecule has 0 aromatic heterocycles. The Morgan fingerprint density at radius 1 is 1.15 bits per heavy atom. The van der Waals surface area contributed by atoms with E-state index >= 15 is 0 Å². The molecule has 0 heterocycles. The molecule has 1 nitrogen and oxygen atoms in total. The Morgan fingerprint density at radius 3 is 2.55 bits per heavy atom. The molecule has 0 N–H and O–H groups in total. The molecule has 0 bridgehead atoms. The molecule has 0 saturated heterocycles. The lowest BCUT2D eigenvalue weighted by atomic mass is 9.70. The van der Waals surface area contributed by atoms with Crippen LogP contribution >= 0.6 is 0 Å². The minimum atomic E-state index is 0.0739. The molecule has 2 unspecified atom stereocenters. The fourth-order valence-corrected chi connectivity index (χ4v) is 4.41. The molecule has 1 heteroatoms. The molecular formula is C19H21N. The van der Waals surface area contributed by atoms with Crippen molar-refractivity contribution in [2.45, 2.75) is 33.1 Å². The predicted molar refractivity (Wildman–Crippen MR) is 81.4 cm³/mol. The fourth-order valence-electron chi connectivity index (χ4n) is 4.41. The maximum absolute atomic E-state index is 8.86. The van der Waals surface area contributed by atoms with Crippen molar-refractivity contribution in [1.29, 1.82) is 5.26 Å². The van der Waals surface area contributed by atoms with E-state index in [9.17, 15) is 0 Å². The Balaban J connectivity index is 2.02. The van der Waals surface area contributed by atoms with E-state index in [4.69, 9.17) is 5.26 Å². The van der Waals surface area contributed by atoms with E-state index < -0.39 is 0 Å². The molecule has 2 radical (unpaired) electrons. The predicted octanol–water partition coefficient (Wildman–Crippen LogP) is 4.72.